The first-order valence-electron chi connectivity index (χ1n) is 7.59. The zero-order valence-electron chi connectivity index (χ0n) is 12.5. The third kappa shape index (κ3) is 2.62. The van der Waals surface area contributed by atoms with E-state index in [1.807, 2.05) is 6.92 Å². The Hall–Kier alpha value is -0.920. The zero-order valence-corrected chi connectivity index (χ0v) is 13.3. The van der Waals surface area contributed by atoms with Crippen molar-refractivity contribution in [1.29, 1.82) is 0 Å². The number of aryl methyl sites for hydroxylation is 1. The van der Waals surface area contributed by atoms with Gasteiger partial charge in [0.15, 0.2) is 0 Å². The Morgan fingerprint density at radius 3 is 2.76 bits per heavy atom. The number of sulfonamides is 1. The summed E-state index contributed by atoms with van der Waals surface area (Å²) in [5.41, 5.74) is 0.645. The molecule has 1 aromatic rings. The van der Waals surface area contributed by atoms with Crippen LogP contribution >= 0.6 is 0 Å². The lowest BCUT2D eigenvalue weighted by molar-refractivity contribution is 0.272. The molecule has 0 aliphatic heterocycles. The van der Waals surface area contributed by atoms with Gasteiger partial charge in [-0.15, -0.1) is 0 Å². The Morgan fingerprint density at radius 1 is 1.43 bits per heavy atom. The molecule has 6 nitrogen and oxygen atoms in total. The van der Waals surface area contributed by atoms with Gasteiger partial charge in [0.25, 0.3) is 0 Å². The van der Waals surface area contributed by atoms with Crippen LogP contribution in [0.25, 0.3) is 0 Å². The average Bonchev–Trinajstić information content (AvgIpc) is 3.11. The van der Waals surface area contributed by atoms with Crippen LogP contribution in [0.1, 0.15) is 44.0 Å². The molecule has 118 valence electrons. The van der Waals surface area contributed by atoms with E-state index in [1.165, 1.54) is 19.3 Å². The number of fused-ring (bicyclic) bond motifs is 2. The molecule has 0 radical (unpaired) electrons. The molecule has 2 aliphatic rings. The SMILES string of the molecule is Cc1[nH]nc(CO)c1S(=O)(=O)NC(C)C1CC2CCC1C2. The largest absolute Gasteiger partial charge is 0.390 e. The zero-order chi connectivity index (χ0) is 15.2. The molecule has 0 saturated heterocycles. The number of hydrogen-bond donors (Lipinski definition) is 3. The number of aromatic nitrogens is 2. The van der Waals surface area contributed by atoms with Gasteiger partial charge in [-0.05, 0) is 50.9 Å². The summed E-state index contributed by atoms with van der Waals surface area (Å²) in [6.45, 7) is 3.23. The van der Waals surface area contributed by atoms with Crippen LogP contribution in [0.4, 0.5) is 0 Å². The van der Waals surface area contributed by atoms with E-state index in [1.54, 1.807) is 6.92 Å². The van der Waals surface area contributed by atoms with Crippen LogP contribution in [-0.2, 0) is 16.6 Å². The second kappa shape index (κ2) is 5.37. The number of nitrogens with one attached hydrogen (secondary N) is 2. The maximum Gasteiger partial charge on any atom is 0.244 e. The van der Waals surface area contributed by atoms with E-state index in [0.29, 0.717) is 17.5 Å². The monoisotopic (exact) mass is 313 g/mol. The highest BCUT2D eigenvalue weighted by molar-refractivity contribution is 7.89. The van der Waals surface area contributed by atoms with Crippen molar-refractivity contribution >= 4 is 10.0 Å². The molecule has 0 spiro atoms. The van der Waals surface area contributed by atoms with Gasteiger partial charge < -0.3 is 5.11 Å². The molecule has 4 atom stereocenters. The van der Waals surface area contributed by atoms with Crippen LogP contribution in [0.2, 0.25) is 0 Å². The van der Waals surface area contributed by atoms with E-state index in [4.69, 9.17) is 0 Å². The van der Waals surface area contributed by atoms with E-state index in [2.05, 4.69) is 14.9 Å². The molecule has 0 aromatic carbocycles. The van der Waals surface area contributed by atoms with Gasteiger partial charge in [0.05, 0.1) is 12.3 Å². The summed E-state index contributed by atoms with van der Waals surface area (Å²) >= 11 is 0. The first kappa shape index (κ1) is 15.0. The van der Waals surface area contributed by atoms with Crippen molar-refractivity contribution in [2.75, 3.05) is 0 Å². The summed E-state index contributed by atoms with van der Waals surface area (Å²) < 4.78 is 28.0. The second-order valence-corrected chi connectivity index (χ2v) is 8.18. The lowest BCUT2D eigenvalue weighted by Crippen LogP contribution is -2.40. The summed E-state index contributed by atoms with van der Waals surface area (Å²) in [7, 11) is -3.65. The van der Waals surface area contributed by atoms with Crippen molar-refractivity contribution in [2.45, 2.75) is 57.1 Å². The van der Waals surface area contributed by atoms with Gasteiger partial charge in [0.2, 0.25) is 10.0 Å². The molecule has 3 N–H and O–H groups in total. The van der Waals surface area contributed by atoms with Crippen LogP contribution < -0.4 is 4.72 Å². The standard InChI is InChI=1S/C14H23N3O3S/c1-8(12-6-10-3-4-11(12)5-10)17-21(19,20)14-9(2)15-16-13(14)7-18/h8,10-12,17-18H,3-7H2,1-2H3,(H,15,16). The minimum absolute atomic E-state index is 0.0776. The lowest BCUT2D eigenvalue weighted by Gasteiger charge is -2.28. The molecule has 21 heavy (non-hydrogen) atoms. The van der Waals surface area contributed by atoms with Gasteiger partial charge in [0.1, 0.15) is 10.6 Å². The van der Waals surface area contributed by atoms with E-state index in [0.717, 1.165) is 12.3 Å². The molecular weight excluding hydrogens is 290 g/mol. The highest BCUT2D eigenvalue weighted by Gasteiger charge is 2.43. The minimum atomic E-state index is -3.65. The van der Waals surface area contributed by atoms with Gasteiger partial charge in [-0.3, -0.25) is 5.10 Å². The lowest BCUT2D eigenvalue weighted by atomic mass is 9.84. The average molecular weight is 313 g/mol. The van der Waals surface area contributed by atoms with Gasteiger partial charge >= 0.3 is 0 Å². The normalized spacial score (nSPS) is 30.0. The number of hydrogen-bond acceptors (Lipinski definition) is 4. The predicted molar refractivity (Wildman–Crippen MR) is 78.0 cm³/mol. The first-order valence-corrected chi connectivity index (χ1v) is 9.07. The number of nitrogens with zero attached hydrogens (tertiary/aromatic N) is 1. The number of aromatic amines is 1. The van der Waals surface area contributed by atoms with Crippen molar-refractivity contribution in [3.63, 3.8) is 0 Å². The highest BCUT2D eigenvalue weighted by atomic mass is 32.2. The van der Waals surface area contributed by atoms with Gasteiger partial charge in [-0.25, -0.2) is 13.1 Å². The molecule has 2 bridgehead atoms. The van der Waals surface area contributed by atoms with Crippen LogP contribution in [0.5, 0.6) is 0 Å². The maximum atomic E-state index is 12.6. The topological polar surface area (TPSA) is 95.1 Å². The molecule has 3 rings (SSSR count). The number of aliphatic hydroxyl groups excluding tert-OH is 1. The fourth-order valence-electron chi connectivity index (χ4n) is 4.23. The van der Waals surface area contributed by atoms with Crippen molar-refractivity contribution in [2.24, 2.45) is 17.8 Å². The van der Waals surface area contributed by atoms with Gasteiger partial charge in [-0.2, -0.15) is 5.10 Å². The summed E-state index contributed by atoms with van der Waals surface area (Å²) in [5, 5.41) is 15.7. The molecular formula is C14H23N3O3S. The summed E-state index contributed by atoms with van der Waals surface area (Å²) in [6, 6.07) is -0.0776. The van der Waals surface area contributed by atoms with E-state index < -0.39 is 10.0 Å². The van der Waals surface area contributed by atoms with Crippen LogP contribution in [0.3, 0.4) is 0 Å². The van der Waals surface area contributed by atoms with E-state index in [9.17, 15) is 13.5 Å². The van der Waals surface area contributed by atoms with Crippen LogP contribution in [0.15, 0.2) is 4.90 Å². The molecule has 2 fully saturated rings. The van der Waals surface area contributed by atoms with E-state index in [-0.39, 0.29) is 23.2 Å². The fraction of sp³-hybridized carbons (Fsp3) is 0.786. The van der Waals surface area contributed by atoms with Crippen molar-refractivity contribution in [3.05, 3.63) is 11.4 Å². The molecule has 1 aromatic heterocycles. The van der Waals surface area contributed by atoms with Gasteiger partial charge in [-0.1, -0.05) is 6.42 Å². The third-order valence-electron chi connectivity index (χ3n) is 5.16. The summed E-state index contributed by atoms with van der Waals surface area (Å²) in [6.07, 6.45) is 4.92. The first-order chi connectivity index (χ1) is 9.92. The molecule has 7 heteroatoms. The smallest absolute Gasteiger partial charge is 0.244 e. The maximum absolute atomic E-state index is 12.6. The van der Waals surface area contributed by atoms with Crippen molar-refractivity contribution < 1.29 is 13.5 Å². The van der Waals surface area contributed by atoms with Crippen molar-refractivity contribution in [1.82, 2.24) is 14.9 Å². The number of aliphatic hydroxyl groups is 1. The molecule has 1 heterocycles. The van der Waals surface area contributed by atoms with E-state index >= 15 is 0 Å². The summed E-state index contributed by atoms with van der Waals surface area (Å²) in [5.74, 6) is 1.88. The van der Waals surface area contributed by atoms with Crippen LogP contribution in [0, 0.1) is 24.7 Å². The van der Waals surface area contributed by atoms with Crippen molar-refractivity contribution in [3.8, 4) is 0 Å². The highest BCUT2D eigenvalue weighted by Crippen LogP contribution is 2.49. The fourth-order valence-corrected chi connectivity index (χ4v) is 5.88. The molecule has 4 unspecified atom stereocenters. The minimum Gasteiger partial charge on any atom is -0.390 e. The third-order valence-corrected chi connectivity index (χ3v) is 6.92. The Bertz CT molecular complexity index is 625. The molecule has 2 saturated carbocycles. The second-order valence-electron chi connectivity index (χ2n) is 6.53. The quantitative estimate of drug-likeness (QED) is 0.764. The Morgan fingerprint density at radius 2 is 2.19 bits per heavy atom. The Kier molecular flexibility index (Phi) is 3.83. The van der Waals surface area contributed by atoms with Crippen LogP contribution in [-0.4, -0.2) is 29.8 Å². The number of rotatable bonds is 5. The van der Waals surface area contributed by atoms with Gasteiger partial charge in [0, 0.05) is 6.04 Å². The number of H-pyrrole nitrogens is 1. The molecule has 2 aliphatic carbocycles. The Balaban J connectivity index is 1.78. The predicted octanol–water partition coefficient (Wildman–Crippen LogP) is 1.31. The molecule has 0 amide bonds. The summed E-state index contributed by atoms with van der Waals surface area (Å²) in [4.78, 5) is 0.0972. The Labute approximate surface area is 125 Å².